The van der Waals surface area contributed by atoms with Crippen LogP contribution in [0, 0.1) is 0 Å². The second kappa shape index (κ2) is 8.98. The van der Waals surface area contributed by atoms with E-state index in [4.69, 9.17) is 9.47 Å². The first-order valence-corrected chi connectivity index (χ1v) is 8.57. The zero-order chi connectivity index (χ0) is 19.1. The van der Waals surface area contributed by atoms with Crippen molar-refractivity contribution >= 4 is 17.9 Å². The molecule has 26 heavy (non-hydrogen) atoms. The van der Waals surface area contributed by atoms with Gasteiger partial charge in [-0.15, -0.1) is 0 Å². The lowest BCUT2D eigenvalue weighted by atomic mass is 10.2. The lowest BCUT2D eigenvalue weighted by Crippen LogP contribution is -2.19. The van der Waals surface area contributed by atoms with Gasteiger partial charge in [0.2, 0.25) is 11.9 Å². The Balaban J connectivity index is 2.20. The molecule has 0 bridgehead atoms. The average Bonchev–Trinajstić information content (AvgIpc) is 2.62. The smallest absolute Gasteiger partial charge is 0.338 e. The highest BCUT2D eigenvalue weighted by molar-refractivity contribution is 5.89. The molecule has 1 aromatic carbocycles. The number of hydrogen-bond donors (Lipinski definition) is 1. The Labute approximate surface area is 153 Å². The summed E-state index contributed by atoms with van der Waals surface area (Å²) in [6.45, 7) is 6.23. The minimum absolute atomic E-state index is 0.179. The van der Waals surface area contributed by atoms with E-state index in [0.717, 1.165) is 6.42 Å². The van der Waals surface area contributed by atoms with Gasteiger partial charge in [0, 0.05) is 20.1 Å². The summed E-state index contributed by atoms with van der Waals surface area (Å²) in [6, 6.07) is 7.03. The van der Waals surface area contributed by atoms with Crippen LogP contribution in [0.2, 0.25) is 0 Å². The van der Waals surface area contributed by atoms with Gasteiger partial charge in [-0.3, -0.25) is 0 Å². The second-order valence-corrected chi connectivity index (χ2v) is 5.94. The molecule has 1 unspecified atom stereocenters. The molecule has 1 aromatic heterocycles. The molecule has 0 aliphatic heterocycles. The number of esters is 1. The molecule has 0 aliphatic carbocycles. The molecule has 1 heterocycles. The molecule has 2 rings (SSSR count). The summed E-state index contributed by atoms with van der Waals surface area (Å²) in [5.41, 5.74) is 0.461. The lowest BCUT2D eigenvalue weighted by Gasteiger charge is -2.16. The molecule has 1 atom stereocenters. The van der Waals surface area contributed by atoms with Gasteiger partial charge < -0.3 is 19.7 Å². The van der Waals surface area contributed by atoms with Gasteiger partial charge in [0.05, 0.1) is 12.2 Å². The van der Waals surface area contributed by atoms with E-state index in [1.807, 2.05) is 21.0 Å². The van der Waals surface area contributed by atoms with E-state index >= 15 is 0 Å². The summed E-state index contributed by atoms with van der Waals surface area (Å²) in [7, 11) is 3.69. The fourth-order valence-electron chi connectivity index (χ4n) is 1.96. The number of ether oxygens (including phenoxy) is 2. The molecule has 0 spiro atoms. The van der Waals surface area contributed by atoms with Gasteiger partial charge in [-0.25, -0.2) is 4.79 Å². The number of aromatic nitrogens is 3. The highest BCUT2D eigenvalue weighted by Gasteiger charge is 2.12. The first-order chi connectivity index (χ1) is 12.4. The lowest BCUT2D eigenvalue weighted by molar-refractivity contribution is 0.0526. The molecule has 8 heteroatoms. The number of nitrogens with one attached hydrogen (secondary N) is 1. The Morgan fingerprint density at radius 2 is 1.85 bits per heavy atom. The SMILES string of the molecule is CCOC(=O)c1ccc(Oc2nc(NC(C)CC)nc(N(C)C)n2)cc1. The number of benzene rings is 1. The van der Waals surface area contributed by atoms with E-state index in [9.17, 15) is 4.79 Å². The van der Waals surface area contributed by atoms with Crippen molar-refractivity contribution < 1.29 is 14.3 Å². The Kier molecular flexibility index (Phi) is 6.71. The maximum absolute atomic E-state index is 11.7. The molecule has 1 N–H and O–H groups in total. The predicted molar refractivity (Wildman–Crippen MR) is 100 cm³/mol. The molecular formula is C18H25N5O3. The quantitative estimate of drug-likeness (QED) is 0.719. The van der Waals surface area contributed by atoms with E-state index in [1.54, 1.807) is 36.1 Å². The first kappa shape index (κ1) is 19.4. The van der Waals surface area contributed by atoms with Crippen molar-refractivity contribution in [2.75, 3.05) is 30.9 Å². The van der Waals surface area contributed by atoms with Gasteiger partial charge >= 0.3 is 12.0 Å². The second-order valence-electron chi connectivity index (χ2n) is 5.94. The van der Waals surface area contributed by atoms with Crippen molar-refractivity contribution in [3.05, 3.63) is 29.8 Å². The van der Waals surface area contributed by atoms with Crippen LogP contribution in [0.15, 0.2) is 24.3 Å². The number of carbonyl (C=O) groups excluding carboxylic acids is 1. The van der Waals surface area contributed by atoms with Crippen molar-refractivity contribution in [1.82, 2.24) is 15.0 Å². The minimum Gasteiger partial charge on any atom is -0.462 e. The van der Waals surface area contributed by atoms with Crippen LogP contribution in [0.5, 0.6) is 11.8 Å². The summed E-state index contributed by atoms with van der Waals surface area (Å²) in [4.78, 5) is 26.5. The van der Waals surface area contributed by atoms with Crippen LogP contribution in [0.1, 0.15) is 37.6 Å². The van der Waals surface area contributed by atoms with Gasteiger partial charge in [-0.05, 0) is 44.5 Å². The molecule has 0 aliphatic rings. The predicted octanol–water partition coefficient (Wildman–Crippen LogP) is 3.12. The van der Waals surface area contributed by atoms with Gasteiger partial charge in [0.1, 0.15) is 5.75 Å². The first-order valence-electron chi connectivity index (χ1n) is 8.57. The fraction of sp³-hybridized carbons (Fsp3) is 0.444. The summed E-state index contributed by atoms with van der Waals surface area (Å²) >= 11 is 0. The number of anilines is 2. The van der Waals surface area contributed by atoms with Crippen LogP contribution in [-0.4, -0.2) is 47.7 Å². The third-order valence-corrected chi connectivity index (χ3v) is 3.57. The zero-order valence-corrected chi connectivity index (χ0v) is 15.8. The van der Waals surface area contributed by atoms with Crippen molar-refractivity contribution in [1.29, 1.82) is 0 Å². The van der Waals surface area contributed by atoms with Gasteiger partial charge in [0.15, 0.2) is 0 Å². The standard InChI is InChI=1S/C18H25N5O3/c1-6-12(3)19-16-20-17(23(4)5)22-18(21-16)26-14-10-8-13(9-11-14)15(24)25-7-2/h8-12H,6-7H2,1-5H3,(H,19,20,21,22). The third kappa shape index (κ3) is 5.30. The van der Waals surface area contributed by atoms with E-state index in [1.165, 1.54) is 0 Å². The number of rotatable bonds is 8. The maximum Gasteiger partial charge on any atom is 0.338 e. The molecule has 8 nitrogen and oxygen atoms in total. The van der Waals surface area contributed by atoms with Gasteiger partial charge in [-0.2, -0.15) is 15.0 Å². The Morgan fingerprint density at radius 3 is 2.42 bits per heavy atom. The van der Waals surface area contributed by atoms with Crippen LogP contribution >= 0.6 is 0 Å². The molecular weight excluding hydrogens is 334 g/mol. The fourth-order valence-corrected chi connectivity index (χ4v) is 1.96. The third-order valence-electron chi connectivity index (χ3n) is 3.57. The van der Waals surface area contributed by atoms with Crippen LogP contribution in [0.4, 0.5) is 11.9 Å². The Hall–Kier alpha value is -2.90. The maximum atomic E-state index is 11.7. The van der Waals surface area contributed by atoms with Gasteiger partial charge in [-0.1, -0.05) is 6.92 Å². The van der Waals surface area contributed by atoms with Gasteiger partial charge in [0.25, 0.3) is 0 Å². The van der Waals surface area contributed by atoms with Crippen molar-refractivity contribution in [2.24, 2.45) is 0 Å². The number of carbonyl (C=O) groups is 1. The average molecular weight is 359 g/mol. The highest BCUT2D eigenvalue weighted by Crippen LogP contribution is 2.21. The summed E-state index contributed by atoms with van der Waals surface area (Å²) in [5, 5.41) is 3.22. The number of hydrogen-bond acceptors (Lipinski definition) is 8. The van der Waals surface area contributed by atoms with Crippen LogP contribution < -0.4 is 15.0 Å². The van der Waals surface area contributed by atoms with Crippen molar-refractivity contribution in [3.63, 3.8) is 0 Å². The zero-order valence-electron chi connectivity index (χ0n) is 15.8. The summed E-state index contributed by atoms with van der Waals surface area (Å²) in [5.74, 6) is 1.10. The Bertz CT molecular complexity index is 734. The van der Waals surface area contributed by atoms with E-state index in [2.05, 4.69) is 27.2 Å². The highest BCUT2D eigenvalue weighted by atomic mass is 16.5. The molecule has 0 amide bonds. The largest absolute Gasteiger partial charge is 0.462 e. The van der Waals surface area contributed by atoms with Crippen LogP contribution in [0.3, 0.4) is 0 Å². The van der Waals surface area contributed by atoms with Crippen LogP contribution in [0.25, 0.3) is 0 Å². The molecule has 140 valence electrons. The van der Waals surface area contributed by atoms with E-state index in [0.29, 0.717) is 29.8 Å². The van der Waals surface area contributed by atoms with Crippen LogP contribution in [-0.2, 0) is 4.74 Å². The topological polar surface area (TPSA) is 89.5 Å². The van der Waals surface area contributed by atoms with Crippen molar-refractivity contribution in [2.45, 2.75) is 33.2 Å². The molecule has 0 saturated heterocycles. The molecule has 0 radical (unpaired) electrons. The minimum atomic E-state index is -0.367. The summed E-state index contributed by atoms with van der Waals surface area (Å²) < 4.78 is 10.7. The normalized spacial score (nSPS) is 11.6. The molecule has 0 fully saturated rings. The van der Waals surface area contributed by atoms with E-state index < -0.39 is 0 Å². The molecule has 0 saturated carbocycles. The monoisotopic (exact) mass is 359 g/mol. The Morgan fingerprint density at radius 1 is 1.15 bits per heavy atom. The van der Waals surface area contributed by atoms with Crippen molar-refractivity contribution in [3.8, 4) is 11.8 Å². The number of nitrogens with zero attached hydrogens (tertiary/aromatic N) is 4. The van der Waals surface area contributed by atoms with E-state index in [-0.39, 0.29) is 18.0 Å². The summed E-state index contributed by atoms with van der Waals surface area (Å²) in [6.07, 6.45) is 0.939. The molecule has 2 aromatic rings.